The number of carbonyl (C=O) groups is 1. The van der Waals surface area contributed by atoms with Crippen LogP contribution in [0.1, 0.15) is 58.8 Å². The maximum absolute atomic E-state index is 11.7. The molecular weight excluding hydrogens is 260 g/mol. The Morgan fingerprint density at radius 2 is 1.50 bits per heavy atom. The lowest BCUT2D eigenvalue weighted by atomic mass is 9.85. The van der Waals surface area contributed by atoms with E-state index in [1.165, 1.54) is 19.3 Å². The predicted molar refractivity (Wildman–Crippen MR) is 77.2 cm³/mol. The first kappa shape index (κ1) is 19.4. The van der Waals surface area contributed by atoms with E-state index >= 15 is 0 Å². The summed E-state index contributed by atoms with van der Waals surface area (Å²) in [6, 6.07) is 0. The van der Waals surface area contributed by atoms with Crippen LogP contribution in [0.3, 0.4) is 0 Å². The van der Waals surface area contributed by atoms with Gasteiger partial charge in [-0.15, -0.1) is 0 Å². The Bertz CT molecular complexity index is 242. The Labute approximate surface area is 122 Å². The second-order valence-corrected chi connectivity index (χ2v) is 5.49. The largest absolute Gasteiger partial charge is 0.462 e. The topological polar surface area (TPSA) is 87.0 Å². The van der Waals surface area contributed by atoms with Gasteiger partial charge in [-0.25, -0.2) is 0 Å². The normalized spacial score (nSPS) is 13.2. The summed E-state index contributed by atoms with van der Waals surface area (Å²) >= 11 is 0. The van der Waals surface area contributed by atoms with Crippen LogP contribution < -0.4 is 0 Å². The van der Waals surface area contributed by atoms with Crippen molar-refractivity contribution in [2.75, 3.05) is 19.8 Å². The lowest BCUT2D eigenvalue weighted by molar-refractivity contribution is -0.163. The van der Waals surface area contributed by atoms with E-state index in [2.05, 4.69) is 6.92 Å². The lowest BCUT2D eigenvalue weighted by Crippen LogP contribution is -2.45. The van der Waals surface area contributed by atoms with Gasteiger partial charge in [-0.1, -0.05) is 39.0 Å². The van der Waals surface area contributed by atoms with Gasteiger partial charge in [-0.2, -0.15) is 0 Å². The first-order valence-corrected chi connectivity index (χ1v) is 7.58. The molecule has 120 valence electrons. The molecule has 3 N–H and O–H groups in total. The summed E-state index contributed by atoms with van der Waals surface area (Å²) in [6.45, 7) is 2.47. The Kier molecular flexibility index (Phi) is 10.7. The third-order valence-electron chi connectivity index (χ3n) is 3.85. The fraction of sp³-hybridized carbons (Fsp3) is 0.933. The van der Waals surface area contributed by atoms with Gasteiger partial charge < -0.3 is 20.1 Å². The molecule has 0 rings (SSSR count). The molecule has 0 spiro atoms. The molecule has 0 amide bonds. The van der Waals surface area contributed by atoms with Crippen LogP contribution in [0.25, 0.3) is 0 Å². The second-order valence-electron chi connectivity index (χ2n) is 5.49. The number of rotatable bonds is 12. The van der Waals surface area contributed by atoms with Gasteiger partial charge >= 0.3 is 5.97 Å². The maximum Gasteiger partial charge on any atom is 0.306 e. The summed E-state index contributed by atoms with van der Waals surface area (Å²) in [4.78, 5) is 11.7. The summed E-state index contributed by atoms with van der Waals surface area (Å²) in [6.07, 6.45) is 6.19. The van der Waals surface area contributed by atoms with E-state index in [0.717, 1.165) is 19.3 Å². The van der Waals surface area contributed by atoms with Crippen molar-refractivity contribution in [1.29, 1.82) is 0 Å². The molecule has 5 heteroatoms. The van der Waals surface area contributed by atoms with Crippen molar-refractivity contribution < 1.29 is 24.9 Å². The summed E-state index contributed by atoms with van der Waals surface area (Å²) < 4.78 is 5.20. The molecule has 0 fully saturated rings. The summed E-state index contributed by atoms with van der Waals surface area (Å²) in [5.74, 6) is -0.340. The molecule has 0 aliphatic carbocycles. The highest BCUT2D eigenvalue weighted by molar-refractivity contribution is 5.69. The van der Waals surface area contributed by atoms with E-state index in [1.54, 1.807) is 6.92 Å². The Hall–Kier alpha value is -0.650. The number of ether oxygens (including phenoxy) is 1. The Morgan fingerprint density at radius 1 is 1.00 bits per heavy atom. The van der Waals surface area contributed by atoms with E-state index in [-0.39, 0.29) is 5.97 Å². The molecule has 5 nitrogen and oxygen atoms in total. The van der Waals surface area contributed by atoms with Gasteiger partial charge in [-0.05, 0) is 13.3 Å². The molecule has 20 heavy (non-hydrogen) atoms. The maximum atomic E-state index is 11.7. The zero-order valence-electron chi connectivity index (χ0n) is 12.8. The second kappa shape index (κ2) is 11.1. The number of carbonyl (C=O) groups excluding carboxylic acids is 1. The van der Waals surface area contributed by atoms with Gasteiger partial charge in [0.1, 0.15) is 6.10 Å². The molecule has 0 aromatic carbocycles. The fourth-order valence-electron chi connectivity index (χ4n) is 1.97. The first-order valence-electron chi connectivity index (χ1n) is 7.58. The van der Waals surface area contributed by atoms with Gasteiger partial charge in [0.25, 0.3) is 0 Å². The van der Waals surface area contributed by atoms with Crippen molar-refractivity contribution in [2.45, 2.75) is 64.9 Å². The van der Waals surface area contributed by atoms with Crippen LogP contribution in [0.5, 0.6) is 0 Å². The smallest absolute Gasteiger partial charge is 0.306 e. The quantitative estimate of drug-likeness (QED) is 0.376. The molecule has 1 unspecified atom stereocenters. The van der Waals surface area contributed by atoms with Gasteiger partial charge in [0.15, 0.2) is 0 Å². The third kappa shape index (κ3) is 6.68. The zero-order valence-corrected chi connectivity index (χ0v) is 12.8. The minimum Gasteiger partial charge on any atom is -0.462 e. The molecule has 0 saturated carbocycles. The molecule has 0 aromatic rings. The number of unbranched alkanes of at least 4 members (excludes halogenated alkanes) is 5. The lowest BCUT2D eigenvalue weighted by Gasteiger charge is -2.33. The van der Waals surface area contributed by atoms with E-state index < -0.39 is 31.3 Å². The molecule has 1 atom stereocenters. The highest BCUT2D eigenvalue weighted by Crippen LogP contribution is 2.23. The summed E-state index contributed by atoms with van der Waals surface area (Å²) in [7, 11) is 0. The molecule has 0 aliphatic rings. The number of esters is 1. The van der Waals surface area contributed by atoms with Crippen LogP contribution in [-0.2, 0) is 9.53 Å². The van der Waals surface area contributed by atoms with Crippen molar-refractivity contribution in [3.63, 3.8) is 0 Å². The van der Waals surface area contributed by atoms with E-state index in [9.17, 15) is 20.1 Å². The molecule has 0 saturated heterocycles. The SMILES string of the molecule is CCCCCCCCC(=O)OC(C)C(CO)(CO)CO. The van der Waals surface area contributed by atoms with Gasteiger partial charge in [-0.3, -0.25) is 4.79 Å². The average Bonchev–Trinajstić information content (AvgIpc) is 2.45. The van der Waals surface area contributed by atoms with Crippen LogP contribution in [-0.4, -0.2) is 47.2 Å². The minimum absolute atomic E-state index is 0.340. The predicted octanol–water partition coefficient (Wildman–Crippen LogP) is 1.63. The number of aliphatic hydroxyl groups excluding tert-OH is 3. The van der Waals surface area contributed by atoms with Crippen molar-refractivity contribution in [1.82, 2.24) is 0 Å². The average molecular weight is 290 g/mol. The van der Waals surface area contributed by atoms with E-state index in [1.807, 2.05) is 0 Å². The zero-order chi connectivity index (χ0) is 15.4. The van der Waals surface area contributed by atoms with Crippen molar-refractivity contribution in [3.05, 3.63) is 0 Å². The molecular formula is C15H30O5. The van der Waals surface area contributed by atoms with Crippen LogP contribution in [0.4, 0.5) is 0 Å². The van der Waals surface area contributed by atoms with Crippen molar-refractivity contribution in [3.8, 4) is 0 Å². The van der Waals surface area contributed by atoms with Gasteiger partial charge in [0.05, 0.1) is 25.2 Å². The highest BCUT2D eigenvalue weighted by atomic mass is 16.5. The fourth-order valence-corrected chi connectivity index (χ4v) is 1.97. The van der Waals surface area contributed by atoms with Gasteiger partial charge in [0.2, 0.25) is 0 Å². The van der Waals surface area contributed by atoms with Crippen molar-refractivity contribution in [2.24, 2.45) is 5.41 Å². The van der Waals surface area contributed by atoms with E-state index in [0.29, 0.717) is 6.42 Å². The highest BCUT2D eigenvalue weighted by Gasteiger charge is 2.37. The first-order chi connectivity index (χ1) is 9.56. The van der Waals surface area contributed by atoms with Crippen LogP contribution >= 0.6 is 0 Å². The minimum atomic E-state index is -1.17. The number of hydrogen-bond donors (Lipinski definition) is 3. The standard InChI is InChI=1S/C15H30O5/c1-3-4-5-6-7-8-9-14(19)20-13(2)15(10-16,11-17)12-18/h13,16-18H,3-12H2,1-2H3. The van der Waals surface area contributed by atoms with Crippen LogP contribution in [0, 0.1) is 5.41 Å². The molecule has 0 radical (unpaired) electrons. The van der Waals surface area contributed by atoms with Crippen molar-refractivity contribution >= 4 is 5.97 Å². The number of hydrogen-bond acceptors (Lipinski definition) is 5. The van der Waals surface area contributed by atoms with Crippen LogP contribution in [0.15, 0.2) is 0 Å². The summed E-state index contributed by atoms with van der Waals surface area (Å²) in [5, 5.41) is 27.7. The molecule has 0 aliphatic heterocycles. The Balaban J connectivity index is 3.95. The third-order valence-corrected chi connectivity index (χ3v) is 3.85. The molecule has 0 heterocycles. The monoisotopic (exact) mass is 290 g/mol. The number of aliphatic hydroxyl groups is 3. The Morgan fingerprint density at radius 3 is 2.00 bits per heavy atom. The van der Waals surface area contributed by atoms with Gasteiger partial charge in [0, 0.05) is 6.42 Å². The van der Waals surface area contributed by atoms with Crippen LogP contribution in [0.2, 0.25) is 0 Å². The summed E-state index contributed by atoms with van der Waals surface area (Å²) in [5.41, 5.74) is -1.17. The molecule has 0 aromatic heterocycles. The van der Waals surface area contributed by atoms with E-state index in [4.69, 9.17) is 4.74 Å². The molecule has 0 bridgehead atoms.